The molecule has 1 N–H and O–H groups in total. The van der Waals surface area contributed by atoms with Crippen molar-refractivity contribution < 1.29 is 29.0 Å². The highest BCUT2D eigenvalue weighted by Gasteiger charge is 2.52. The molecule has 4 saturated carbocycles. The van der Waals surface area contributed by atoms with Crippen LogP contribution in [0.1, 0.15) is 52.4 Å². The molecule has 0 aliphatic heterocycles. The molecule has 0 aromatic rings. The molecule has 0 heterocycles. The summed E-state index contributed by atoms with van der Waals surface area (Å²) in [5.41, 5.74) is 0.512. The van der Waals surface area contributed by atoms with Crippen LogP contribution in [0.15, 0.2) is 37.0 Å². The number of carboxylic acids is 1. The number of hydrogen-bond acceptors (Lipinski definition) is 5. The Balaban J connectivity index is 0.000000255. The van der Waals surface area contributed by atoms with Crippen molar-refractivity contribution >= 4 is 17.9 Å². The molecule has 0 aromatic carbocycles. The van der Waals surface area contributed by atoms with Gasteiger partial charge in [0.25, 0.3) is 0 Å². The molecule has 0 unspecified atom stereocenters. The number of ether oxygens (including phenoxy) is 2. The lowest BCUT2D eigenvalue weighted by atomic mass is 9.54. The van der Waals surface area contributed by atoms with Crippen LogP contribution in [0, 0.1) is 17.8 Å². The molecular weight excluding hydrogens is 360 g/mol. The topological polar surface area (TPSA) is 89.9 Å². The zero-order valence-corrected chi connectivity index (χ0v) is 17.2. The molecule has 4 rings (SSSR count). The minimum absolute atomic E-state index is 0.0972. The molecule has 6 heteroatoms. The van der Waals surface area contributed by atoms with E-state index in [9.17, 15) is 14.4 Å². The zero-order valence-electron chi connectivity index (χ0n) is 17.2. The van der Waals surface area contributed by atoms with E-state index < -0.39 is 5.97 Å². The van der Waals surface area contributed by atoms with Crippen molar-refractivity contribution in [2.24, 2.45) is 17.8 Å². The van der Waals surface area contributed by atoms with Crippen LogP contribution in [0.2, 0.25) is 0 Å². The molecule has 0 saturated heterocycles. The summed E-state index contributed by atoms with van der Waals surface area (Å²) in [6.45, 7) is 13.0. The van der Waals surface area contributed by atoms with Gasteiger partial charge in [-0.3, -0.25) is 0 Å². The quantitative estimate of drug-likeness (QED) is 0.573. The summed E-state index contributed by atoms with van der Waals surface area (Å²) in [5, 5.41) is 7.89. The van der Waals surface area contributed by atoms with Gasteiger partial charge < -0.3 is 14.6 Å². The van der Waals surface area contributed by atoms with Gasteiger partial charge in [0.1, 0.15) is 5.60 Å². The smallest absolute Gasteiger partial charge is 0.332 e. The summed E-state index contributed by atoms with van der Waals surface area (Å²) >= 11 is 0. The second-order valence-corrected chi connectivity index (χ2v) is 8.08. The summed E-state index contributed by atoms with van der Waals surface area (Å²) in [4.78, 5) is 31.1. The van der Waals surface area contributed by atoms with Crippen LogP contribution >= 0.6 is 0 Å². The first kappa shape index (κ1) is 23.7. The lowest BCUT2D eigenvalue weighted by Gasteiger charge is -2.55. The predicted octanol–water partition coefficient (Wildman–Crippen LogP) is 4.07. The van der Waals surface area contributed by atoms with Gasteiger partial charge in [-0.2, -0.15) is 0 Å². The lowest BCUT2D eigenvalue weighted by molar-refractivity contribution is -0.181. The number of aliphatic carboxylic acids is 1. The van der Waals surface area contributed by atoms with E-state index in [0.29, 0.717) is 5.57 Å². The highest BCUT2D eigenvalue weighted by atomic mass is 16.6. The Morgan fingerprint density at radius 2 is 1.36 bits per heavy atom. The highest BCUT2D eigenvalue weighted by molar-refractivity contribution is 5.86. The van der Waals surface area contributed by atoms with E-state index in [-0.39, 0.29) is 23.1 Å². The summed E-state index contributed by atoms with van der Waals surface area (Å²) in [6, 6.07) is 0. The second kappa shape index (κ2) is 10.2. The Hall–Kier alpha value is -2.37. The molecule has 0 atom stereocenters. The summed E-state index contributed by atoms with van der Waals surface area (Å²) in [6.07, 6.45) is 8.77. The monoisotopic (exact) mass is 392 g/mol. The predicted molar refractivity (Wildman–Crippen MR) is 106 cm³/mol. The van der Waals surface area contributed by atoms with Crippen LogP contribution in [-0.4, -0.2) is 35.7 Å². The molecule has 0 amide bonds. The Bertz CT molecular complexity index is 598. The molecule has 4 fully saturated rings. The largest absolute Gasteiger partial charge is 0.478 e. The third kappa shape index (κ3) is 6.98. The first-order valence-electron chi connectivity index (χ1n) is 9.50. The Kier molecular flexibility index (Phi) is 8.66. The minimum atomic E-state index is -0.935. The summed E-state index contributed by atoms with van der Waals surface area (Å²) < 4.78 is 9.92. The van der Waals surface area contributed by atoms with Crippen LogP contribution in [0.5, 0.6) is 0 Å². The SMILES string of the molecule is C=C(C)C(=O)O.C=C(C)C(=O)OC.C=CC(=O)OC12CC3CC(CC(C3)C1)C2. The number of rotatable bonds is 4. The molecule has 4 aliphatic carbocycles. The summed E-state index contributed by atoms with van der Waals surface area (Å²) in [5.74, 6) is 0.976. The van der Waals surface area contributed by atoms with E-state index in [0.717, 1.165) is 37.0 Å². The normalized spacial score (nSPS) is 28.5. The molecule has 0 radical (unpaired) electrons. The van der Waals surface area contributed by atoms with Crippen molar-refractivity contribution in [3.63, 3.8) is 0 Å². The van der Waals surface area contributed by atoms with Crippen LogP contribution in [-0.2, 0) is 23.9 Å². The van der Waals surface area contributed by atoms with E-state index in [2.05, 4.69) is 24.5 Å². The van der Waals surface area contributed by atoms with E-state index in [1.54, 1.807) is 6.92 Å². The maximum atomic E-state index is 11.4. The molecule has 28 heavy (non-hydrogen) atoms. The number of hydrogen-bond donors (Lipinski definition) is 1. The molecule has 0 aromatic heterocycles. The fraction of sp³-hybridized carbons (Fsp3) is 0.591. The average molecular weight is 392 g/mol. The molecule has 4 bridgehead atoms. The third-order valence-electron chi connectivity index (χ3n) is 5.36. The maximum Gasteiger partial charge on any atom is 0.332 e. The first-order chi connectivity index (χ1) is 13.0. The van der Waals surface area contributed by atoms with E-state index in [4.69, 9.17) is 9.84 Å². The Labute approximate surface area is 167 Å². The van der Waals surface area contributed by atoms with Crippen molar-refractivity contribution in [2.75, 3.05) is 7.11 Å². The van der Waals surface area contributed by atoms with Crippen molar-refractivity contribution in [1.82, 2.24) is 0 Å². The number of methoxy groups -OCH3 is 1. The van der Waals surface area contributed by atoms with E-state index in [1.165, 1.54) is 39.4 Å². The van der Waals surface area contributed by atoms with Gasteiger partial charge >= 0.3 is 17.9 Å². The van der Waals surface area contributed by atoms with Gasteiger partial charge in [-0.1, -0.05) is 19.7 Å². The van der Waals surface area contributed by atoms with Gasteiger partial charge in [0.15, 0.2) is 0 Å². The van der Waals surface area contributed by atoms with Gasteiger partial charge in [-0.25, -0.2) is 14.4 Å². The van der Waals surface area contributed by atoms with Gasteiger partial charge in [0, 0.05) is 17.2 Å². The standard InChI is InChI=1S/C13H18O2.C5H8O2.C4H6O2/c1-2-12(14)15-13-6-9-3-10(7-13)5-11(4-9)8-13;1-4(2)5(6)7-3;1-3(2)4(5)6/h2,9-11H,1,3-8H2;1H2,2-3H3;1H2,2H3,(H,5,6). The number of carbonyl (C=O) groups excluding carboxylic acids is 2. The zero-order chi connectivity index (χ0) is 21.5. The van der Waals surface area contributed by atoms with Gasteiger partial charge in [-0.15, -0.1) is 0 Å². The second-order valence-electron chi connectivity index (χ2n) is 8.08. The molecule has 6 nitrogen and oxygen atoms in total. The van der Waals surface area contributed by atoms with Crippen molar-refractivity contribution in [3.8, 4) is 0 Å². The molecular formula is C22H32O6. The fourth-order valence-electron chi connectivity index (χ4n) is 4.59. The lowest BCUT2D eigenvalue weighted by Crippen LogP contribution is -2.52. The Morgan fingerprint density at radius 3 is 1.57 bits per heavy atom. The first-order valence-corrected chi connectivity index (χ1v) is 9.50. The molecule has 4 aliphatic rings. The van der Waals surface area contributed by atoms with Crippen molar-refractivity contribution in [3.05, 3.63) is 37.0 Å². The number of esters is 2. The van der Waals surface area contributed by atoms with Crippen LogP contribution < -0.4 is 0 Å². The van der Waals surface area contributed by atoms with Crippen molar-refractivity contribution in [1.29, 1.82) is 0 Å². The molecule has 156 valence electrons. The highest BCUT2D eigenvalue weighted by Crippen LogP contribution is 2.57. The van der Waals surface area contributed by atoms with Gasteiger partial charge in [-0.05, 0) is 70.1 Å². The van der Waals surface area contributed by atoms with Crippen LogP contribution in [0.4, 0.5) is 0 Å². The van der Waals surface area contributed by atoms with E-state index >= 15 is 0 Å². The van der Waals surface area contributed by atoms with Gasteiger partial charge in [0.2, 0.25) is 0 Å². The minimum Gasteiger partial charge on any atom is -0.478 e. The average Bonchev–Trinajstić information content (AvgIpc) is 2.60. The Morgan fingerprint density at radius 1 is 0.964 bits per heavy atom. The van der Waals surface area contributed by atoms with E-state index in [1.807, 2.05) is 0 Å². The number of carbonyl (C=O) groups is 3. The van der Waals surface area contributed by atoms with Gasteiger partial charge in [0.05, 0.1) is 7.11 Å². The van der Waals surface area contributed by atoms with Crippen LogP contribution in [0.25, 0.3) is 0 Å². The van der Waals surface area contributed by atoms with Crippen molar-refractivity contribution in [2.45, 2.75) is 58.0 Å². The fourth-order valence-corrected chi connectivity index (χ4v) is 4.59. The van der Waals surface area contributed by atoms with Crippen LogP contribution in [0.3, 0.4) is 0 Å². The number of carboxylic acid groups (broad SMARTS) is 1. The summed E-state index contributed by atoms with van der Waals surface area (Å²) in [7, 11) is 1.33. The third-order valence-corrected chi connectivity index (χ3v) is 5.36. The maximum absolute atomic E-state index is 11.4. The molecule has 0 spiro atoms.